The van der Waals surface area contributed by atoms with Crippen molar-refractivity contribution in [3.63, 3.8) is 0 Å². The summed E-state index contributed by atoms with van der Waals surface area (Å²) in [6.45, 7) is 9.19. The fourth-order valence-corrected chi connectivity index (χ4v) is 3.13. The van der Waals surface area contributed by atoms with Crippen LogP contribution in [-0.2, 0) is 9.59 Å². The maximum Gasteiger partial charge on any atom is 0.238 e. The smallest absolute Gasteiger partial charge is 0.238 e. The lowest BCUT2D eigenvalue weighted by atomic mass is 9.96. The largest absolute Gasteiger partial charge is 0.342 e. The Morgan fingerprint density at radius 3 is 2.37 bits per heavy atom. The molecule has 1 saturated heterocycles. The summed E-state index contributed by atoms with van der Waals surface area (Å²) < 4.78 is 0. The average Bonchev–Trinajstić information content (AvgIpc) is 3.20. The number of carbonyl (C=O) groups is 2. The topological polar surface area (TPSA) is 40.6 Å². The summed E-state index contributed by atoms with van der Waals surface area (Å²) in [7, 11) is 0. The van der Waals surface area contributed by atoms with Crippen LogP contribution in [0.4, 0.5) is 0 Å². The summed E-state index contributed by atoms with van der Waals surface area (Å²) in [5, 5.41) is 0. The van der Waals surface area contributed by atoms with Crippen molar-refractivity contribution in [2.24, 2.45) is 11.3 Å². The molecule has 4 nitrogen and oxygen atoms in total. The Kier molecular flexibility index (Phi) is 4.16. The molecule has 1 heterocycles. The van der Waals surface area contributed by atoms with Crippen LogP contribution in [0, 0.1) is 11.3 Å². The van der Waals surface area contributed by atoms with Gasteiger partial charge >= 0.3 is 0 Å². The number of hydrogen-bond acceptors (Lipinski definition) is 2. The van der Waals surface area contributed by atoms with Gasteiger partial charge in [-0.2, -0.15) is 0 Å². The zero-order valence-electron chi connectivity index (χ0n) is 12.4. The van der Waals surface area contributed by atoms with E-state index in [-0.39, 0.29) is 11.8 Å². The van der Waals surface area contributed by atoms with E-state index in [0.717, 1.165) is 32.4 Å². The van der Waals surface area contributed by atoms with Gasteiger partial charge in [0.05, 0.1) is 0 Å². The summed E-state index contributed by atoms with van der Waals surface area (Å²) >= 11 is 0. The molecule has 1 aliphatic carbocycles. The Morgan fingerprint density at radius 1 is 1.26 bits per heavy atom. The van der Waals surface area contributed by atoms with Gasteiger partial charge in [-0.3, -0.25) is 9.59 Å². The average molecular weight is 266 g/mol. The third-order valence-electron chi connectivity index (χ3n) is 4.56. The van der Waals surface area contributed by atoms with Gasteiger partial charge in [0.2, 0.25) is 11.8 Å². The Labute approximate surface area is 116 Å². The van der Waals surface area contributed by atoms with E-state index in [1.807, 2.05) is 18.7 Å². The molecular weight excluding hydrogens is 240 g/mol. The van der Waals surface area contributed by atoms with E-state index in [9.17, 15) is 9.59 Å². The van der Waals surface area contributed by atoms with Crippen LogP contribution in [-0.4, -0.2) is 47.8 Å². The molecule has 0 aromatic rings. The van der Waals surface area contributed by atoms with Gasteiger partial charge in [0, 0.05) is 26.2 Å². The molecular formula is C15H26N2O2. The van der Waals surface area contributed by atoms with E-state index in [0.29, 0.717) is 19.0 Å². The van der Waals surface area contributed by atoms with Crippen molar-refractivity contribution in [1.29, 1.82) is 0 Å². The van der Waals surface area contributed by atoms with E-state index in [2.05, 4.69) is 6.92 Å². The Hall–Kier alpha value is -1.06. The molecule has 1 saturated carbocycles. The third kappa shape index (κ3) is 2.63. The summed E-state index contributed by atoms with van der Waals surface area (Å²) in [6.07, 6.45) is 3.75. The van der Waals surface area contributed by atoms with E-state index in [1.165, 1.54) is 6.42 Å². The molecule has 0 bridgehead atoms. The number of amides is 2. The molecule has 2 rings (SSSR count). The number of likely N-dealkylation sites (tertiary alicyclic amines) is 1. The molecule has 2 amide bonds. The number of piperidine rings is 1. The molecule has 108 valence electrons. The van der Waals surface area contributed by atoms with Crippen molar-refractivity contribution >= 4 is 11.8 Å². The fraction of sp³-hybridized carbons (Fsp3) is 0.867. The van der Waals surface area contributed by atoms with Gasteiger partial charge in [-0.05, 0) is 45.4 Å². The molecule has 2 aliphatic rings. The predicted octanol–water partition coefficient (Wildman–Crippen LogP) is 1.89. The zero-order valence-corrected chi connectivity index (χ0v) is 12.4. The lowest BCUT2D eigenvalue weighted by molar-refractivity contribution is -0.150. The van der Waals surface area contributed by atoms with Crippen molar-refractivity contribution in [2.45, 2.75) is 46.5 Å². The van der Waals surface area contributed by atoms with Gasteiger partial charge in [-0.25, -0.2) is 0 Å². The minimum absolute atomic E-state index is 0.0562. The second kappa shape index (κ2) is 5.51. The maximum absolute atomic E-state index is 12.7. The van der Waals surface area contributed by atoms with Crippen LogP contribution >= 0.6 is 0 Å². The number of nitrogens with zero attached hydrogens (tertiary/aromatic N) is 2. The summed E-state index contributed by atoms with van der Waals surface area (Å²) in [5.74, 6) is 0.716. The molecule has 1 unspecified atom stereocenters. The molecule has 0 N–H and O–H groups in total. The van der Waals surface area contributed by atoms with Gasteiger partial charge in [0.25, 0.3) is 0 Å². The Morgan fingerprint density at radius 2 is 1.89 bits per heavy atom. The van der Waals surface area contributed by atoms with E-state index in [4.69, 9.17) is 0 Å². The second-order valence-corrected chi connectivity index (χ2v) is 6.06. The van der Waals surface area contributed by atoms with Gasteiger partial charge in [0.15, 0.2) is 0 Å². The highest BCUT2D eigenvalue weighted by Gasteiger charge is 2.59. The molecule has 2 fully saturated rings. The number of rotatable bonds is 4. The molecule has 1 aliphatic heterocycles. The second-order valence-electron chi connectivity index (χ2n) is 6.06. The number of carbonyl (C=O) groups excluding carboxylic acids is 2. The van der Waals surface area contributed by atoms with Crippen molar-refractivity contribution in [3.8, 4) is 0 Å². The summed E-state index contributed by atoms with van der Waals surface area (Å²) in [4.78, 5) is 29.0. The van der Waals surface area contributed by atoms with Crippen molar-refractivity contribution in [3.05, 3.63) is 0 Å². The molecule has 0 aromatic carbocycles. The van der Waals surface area contributed by atoms with E-state index >= 15 is 0 Å². The van der Waals surface area contributed by atoms with Crippen LogP contribution in [0.25, 0.3) is 0 Å². The Balaban J connectivity index is 2.07. The van der Waals surface area contributed by atoms with E-state index in [1.54, 1.807) is 4.90 Å². The monoisotopic (exact) mass is 266 g/mol. The normalized spacial score (nSPS) is 25.0. The molecule has 0 radical (unpaired) electrons. The fourth-order valence-electron chi connectivity index (χ4n) is 3.13. The first-order chi connectivity index (χ1) is 9.05. The molecule has 4 heteroatoms. The highest BCUT2D eigenvalue weighted by Crippen LogP contribution is 2.49. The Bertz CT molecular complexity index is 359. The zero-order chi connectivity index (χ0) is 14.0. The quantitative estimate of drug-likeness (QED) is 0.729. The van der Waals surface area contributed by atoms with Gasteiger partial charge in [0.1, 0.15) is 5.41 Å². The first kappa shape index (κ1) is 14.4. The van der Waals surface area contributed by atoms with Crippen LogP contribution in [0.2, 0.25) is 0 Å². The van der Waals surface area contributed by atoms with E-state index < -0.39 is 5.41 Å². The van der Waals surface area contributed by atoms with Crippen LogP contribution < -0.4 is 0 Å². The molecule has 1 atom stereocenters. The first-order valence-electron chi connectivity index (χ1n) is 7.64. The van der Waals surface area contributed by atoms with Crippen molar-refractivity contribution in [1.82, 2.24) is 9.80 Å². The minimum atomic E-state index is -0.691. The van der Waals surface area contributed by atoms with Crippen LogP contribution in [0.5, 0.6) is 0 Å². The minimum Gasteiger partial charge on any atom is -0.342 e. The van der Waals surface area contributed by atoms with Crippen LogP contribution in [0.3, 0.4) is 0 Å². The van der Waals surface area contributed by atoms with Gasteiger partial charge in [-0.1, -0.05) is 6.92 Å². The third-order valence-corrected chi connectivity index (χ3v) is 4.56. The molecule has 19 heavy (non-hydrogen) atoms. The molecule has 0 spiro atoms. The van der Waals surface area contributed by atoms with Crippen LogP contribution in [0.15, 0.2) is 0 Å². The predicted molar refractivity (Wildman–Crippen MR) is 74.6 cm³/mol. The SMILES string of the molecule is CCN(CC)C(=O)C1(C(=O)N2CCCC(C)C2)CC1. The number of hydrogen-bond donors (Lipinski definition) is 0. The summed E-state index contributed by atoms with van der Waals surface area (Å²) in [5.41, 5.74) is -0.691. The summed E-state index contributed by atoms with van der Waals surface area (Å²) in [6, 6.07) is 0. The van der Waals surface area contributed by atoms with Crippen molar-refractivity contribution in [2.75, 3.05) is 26.2 Å². The first-order valence-corrected chi connectivity index (χ1v) is 7.64. The van der Waals surface area contributed by atoms with Gasteiger partial charge in [-0.15, -0.1) is 0 Å². The van der Waals surface area contributed by atoms with Crippen molar-refractivity contribution < 1.29 is 9.59 Å². The standard InChI is InChI=1S/C15H26N2O2/c1-4-16(5-2)13(18)15(8-9-15)14(19)17-10-6-7-12(3)11-17/h12H,4-11H2,1-3H3. The molecule has 0 aromatic heterocycles. The lowest BCUT2D eigenvalue weighted by Gasteiger charge is -2.34. The highest BCUT2D eigenvalue weighted by molar-refractivity contribution is 6.07. The van der Waals surface area contributed by atoms with Crippen LogP contribution in [0.1, 0.15) is 46.5 Å². The maximum atomic E-state index is 12.7. The highest BCUT2D eigenvalue weighted by atomic mass is 16.2. The van der Waals surface area contributed by atoms with Gasteiger partial charge < -0.3 is 9.80 Å². The lowest BCUT2D eigenvalue weighted by Crippen LogP contribution is -2.49.